The Morgan fingerprint density at radius 1 is 1.33 bits per heavy atom. The van der Waals surface area contributed by atoms with Crippen LogP contribution in [-0.4, -0.2) is 28.4 Å². The third-order valence-electron chi connectivity index (χ3n) is 0. The van der Waals surface area contributed by atoms with Crippen molar-refractivity contribution in [3.63, 3.8) is 0 Å². The fourth-order valence-corrected chi connectivity index (χ4v) is 0. The van der Waals surface area contributed by atoms with Crippen LogP contribution in [0, 0.1) is 0 Å². The molecule has 0 aliphatic heterocycles. The summed E-state index contributed by atoms with van der Waals surface area (Å²) in [4.78, 5) is 9.44. The van der Waals surface area contributed by atoms with Crippen molar-refractivity contribution in [1.29, 1.82) is 0 Å². The summed E-state index contributed by atoms with van der Waals surface area (Å²) < 4.78 is 10.1. The maximum absolute atomic E-state index is 10.1. The molecule has 0 bridgehead atoms. The minimum Gasteiger partial charge on any atom is -0.300 e. The van der Waals surface area contributed by atoms with E-state index in [0.29, 0.717) is 0 Å². The summed E-state index contributed by atoms with van der Waals surface area (Å²) in [6.07, 6.45) is 3.21. The molecular formula is C6H14O2S. The van der Waals surface area contributed by atoms with Crippen LogP contribution >= 0.6 is 0 Å². The average Bonchev–Trinajstić information content (AvgIpc) is 1.19. The molecule has 0 N–H and O–H groups in total. The van der Waals surface area contributed by atoms with Crippen LogP contribution in [-0.2, 0) is 14.3 Å². The van der Waals surface area contributed by atoms with Crippen LogP contribution in [0.2, 0.25) is 0 Å². The van der Waals surface area contributed by atoms with E-state index in [9.17, 15) is 9.00 Å². The molecule has 0 aliphatic carbocycles. The smallest absolute Gasteiger partial charge is 0.126 e. The number of hydrogen-bond acceptors (Lipinski definition) is 2. The minimum absolute atomic E-state index is 0.167. The number of carbonyl (C=O) groups is 1. The summed E-state index contributed by atoms with van der Waals surface area (Å²) in [5, 5.41) is 0. The highest BCUT2D eigenvalue weighted by Crippen LogP contribution is 1.62. The van der Waals surface area contributed by atoms with E-state index in [1.54, 1.807) is 12.5 Å². The molecule has 0 radical (unpaired) electrons. The first-order valence-corrected chi connectivity index (χ1v) is 5.02. The number of hydrogen-bond donors (Lipinski definition) is 0. The van der Waals surface area contributed by atoms with Gasteiger partial charge in [0.05, 0.1) is 0 Å². The first kappa shape index (κ1) is 11.5. The molecule has 0 aromatic heterocycles. The van der Waals surface area contributed by atoms with Crippen molar-refractivity contribution in [3.05, 3.63) is 0 Å². The Balaban J connectivity index is 0. The lowest BCUT2D eigenvalue weighted by Gasteiger charge is -1.78. The molecule has 0 atom stereocenters. The van der Waals surface area contributed by atoms with Gasteiger partial charge >= 0.3 is 0 Å². The zero-order valence-corrected chi connectivity index (χ0v) is 7.25. The van der Waals surface area contributed by atoms with Gasteiger partial charge in [-0.3, -0.25) is 4.21 Å². The number of carbonyl (C=O) groups excluding carboxylic acids is 1. The highest BCUT2D eigenvalue weighted by atomic mass is 32.2. The summed E-state index contributed by atoms with van der Waals surface area (Å²) in [7, 11) is -1.67. The summed E-state index contributed by atoms with van der Waals surface area (Å²) in [5.41, 5.74) is 0. The van der Waals surface area contributed by atoms with Crippen molar-refractivity contribution in [3.8, 4) is 0 Å². The van der Waals surface area contributed by atoms with Crippen LogP contribution in [0.4, 0.5) is 0 Å². The third-order valence-corrected chi connectivity index (χ3v) is 0. The van der Waals surface area contributed by atoms with E-state index in [0.717, 1.165) is 0 Å². The van der Waals surface area contributed by atoms with Crippen molar-refractivity contribution in [2.24, 2.45) is 0 Å². The quantitative estimate of drug-likeness (QED) is 0.473. The maximum atomic E-state index is 10.1. The second-order valence-electron chi connectivity index (χ2n) is 2.35. The van der Waals surface area contributed by atoms with Crippen molar-refractivity contribution in [2.45, 2.75) is 13.8 Å². The van der Waals surface area contributed by atoms with E-state index in [4.69, 9.17) is 0 Å². The van der Waals surface area contributed by atoms with Gasteiger partial charge in [0.15, 0.2) is 0 Å². The van der Waals surface area contributed by atoms with Crippen LogP contribution in [0.3, 0.4) is 0 Å². The molecule has 0 heterocycles. The molecule has 3 heteroatoms. The van der Waals surface area contributed by atoms with E-state index < -0.39 is 9.52 Å². The number of Topliss-reactive ketones (excluding diaryl/α,β-unsaturated/α-hetero) is 1. The first-order valence-electron chi connectivity index (χ1n) is 2.48. The fourth-order valence-electron chi connectivity index (χ4n) is 0. The fraction of sp³-hybridized carbons (Fsp3) is 0.667. The van der Waals surface area contributed by atoms with Crippen LogP contribution < -0.4 is 0 Å². The van der Waals surface area contributed by atoms with Gasteiger partial charge in [-0.05, 0) is 29.2 Å². The van der Waals surface area contributed by atoms with Gasteiger partial charge in [-0.15, -0.1) is 0 Å². The van der Waals surface area contributed by atoms with Gasteiger partial charge in [-0.1, -0.05) is 0 Å². The highest BCUT2D eigenvalue weighted by molar-refractivity contribution is 7.98. The predicted octanol–water partition coefficient (Wildman–Crippen LogP) is 0.558. The molecule has 0 spiro atoms. The largest absolute Gasteiger partial charge is 0.300 e. The molecule has 0 unspecified atom stereocenters. The zero-order chi connectivity index (χ0) is 8.08. The molecule has 0 saturated heterocycles. The molecular weight excluding hydrogens is 136 g/mol. The average molecular weight is 150 g/mol. The van der Waals surface area contributed by atoms with Gasteiger partial charge in [0.2, 0.25) is 0 Å². The van der Waals surface area contributed by atoms with E-state index in [1.165, 1.54) is 13.8 Å². The highest BCUT2D eigenvalue weighted by Gasteiger charge is 1.69. The van der Waals surface area contributed by atoms with Gasteiger partial charge in [-0.25, -0.2) is 0 Å². The molecule has 0 aromatic rings. The van der Waals surface area contributed by atoms with Crippen molar-refractivity contribution in [2.75, 3.05) is 12.5 Å². The first-order chi connectivity index (χ1) is 3.73. The van der Waals surface area contributed by atoms with E-state index in [2.05, 4.69) is 5.87 Å². The molecule has 0 amide bonds. The topological polar surface area (TPSA) is 34.1 Å². The Kier molecular flexibility index (Phi) is 5.81. The summed E-state index contributed by atoms with van der Waals surface area (Å²) >= 11 is 0. The van der Waals surface area contributed by atoms with Gasteiger partial charge in [0.1, 0.15) is 5.78 Å². The summed E-state index contributed by atoms with van der Waals surface area (Å²) in [6.45, 7) is 3.06. The SMILES string of the molecule is C=S(C)(C)=O.CC(C)=O. The lowest BCUT2D eigenvalue weighted by molar-refractivity contribution is -0.114. The molecule has 0 aliphatic rings. The van der Waals surface area contributed by atoms with Crippen molar-refractivity contribution in [1.82, 2.24) is 0 Å². The second kappa shape index (κ2) is 4.56. The Morgan fingerprint density at radius 2 is 1.33 bits per heavy atom. The Hall–Kier alpha value is -0.310. The minimum atomic E-state index is -1.67. The normalized spacial score (nSPS) is 9.33. The van der Waals surface area contributed by atoms with Crippen LogP contribution in [0.15, 0.2) is 0 Å². The van der Waals surface area contributed by atoms with E-state index in [1.807, 2.05) is 0 Å². The lowest BCUT2D eigenvalue weighted by Crippen LogP contribution is -1.86. The van der Waals surface area contributed by atoms with Crippen LogP contribution in [0.25, 0.3) is 0 Å². The van der Waals surface area contributed by atoms with Gasteiger partial charge < -0.3 is 4.79 Å². The summed E-state index contributed by atoms with van der Waals surface area (Å²) in [6, 6.07) is 0. The Morgan fingerprint density at radius 3 is 1.33 bits per heavy atom. The van der Waals surface area contributed by atoms with Crippen LogP contribution in [0.5, 0.6) is 0 Å². The van der Waals surface area contributed by atoms with Crippen molar-refractivity contribution >= 4 is 21.2 Å². The molecule has 2 nitrogen and oxygen atoms in total. The maximum Gasteiger partial charge on any atom is 0.126 e. The summed E-state index contributed by atoms with van der Waals surface area (Å²) in [5.74, 6) is 3.47. The van der Waals surface area contributed by atoms with E-state index in [-0.39, 0.29) is 5.78 Å². The van der Waals surface area contributed by atoms with Gasteiger partial charge in [0.25, 0.3) is 0 Å². The van der Waals surface area contributed by atoms with Crippen LogP contribution in [0.1, 0.15) is 13.8 Å². The number of ketones is 1. The van der Waals surface area contributed by atoms with Gasteiger partial charge in [-0.2, -0.15) is 0 Å². The Labute approximate surface area is 57.3 Å². The molecule has 0 rings (SSSR count). The molecule has 56 valence electrons. The molecule has 9 heavy (non-hydrogen) atoms. The molecule has 0 saturated carbocycles. The predicted molar refractivity (Wildman–Crippen MR) is 43.5 cm³/mol. The lowest BCUT2D eigenvalue weighted by atomic mass is 10.6. The number of rotatable bonds is 0. The standard InChI is InChI=1S/C3H8OS.C3H6O/c1-5(2,3)4;1-3(2)4/h1H2,2-3H3;1-2H3. The molecule has 0 aromatic carbocycles. The molecule has 0 fully saturated rings. The monoisotopic (exact) mass is 150 g/mol. The Bertz CT molecular complexity index is 153. The van der Waals surface area contributed by atoms with E-state index >= 15 is 0 Å². The zero-order valence-electron chi connectivity index (χ0n) is 6.43. The second-order valence-corrected chi connectivity index (χ2v) is 5.22. The van der Waals surface area contributed by atoms with Gasteiger partial charge in [0, 0.05) is 12.5 Å². The third kappa shape index (κ3) is 2590. The van der Waals surface area contributed by atoms with Crippen molar-refractivity contribution < 1.29 is 9.00 Å².